The van der Waals surface area contributed by atoms with Crippen molar-refractivity contribution in [3.8, 4) is 17.3 Å². The molecule has 0 fully saturated rings. The minimum Gasteiger partial charge on any atom is -0.235 e. The predicted octanol–water partition coefficient (Wildman–Crippen LogP) is 6.51. The molecule has 2 nitrogen and oxygen atoms in total. The van der Waals surface area contributed by atoms with Crippen molar-refractivity contribution in [2.45, 2.75) is 20.3 Å². The normalized spacial score (nSPS) is 11.4. The van der Waals surface area contributed by atoms with Gasteiger partial charge in [-0.05, 0) is 42.7 Å². The van der Waals surface area contributed by atoms with Crippen LogP contribution in [-0.2, 0) is 6.42 Å². The molecule has 3 aromatic rings. The third-order valence-corrected chi connectivity index (χ3v) is 5.50. The molecule has 0 saturated carbocycles. The molecule has 4 heteroatoms. The van der Waals surface area contributed by atoms with Gasteiger partial charge in [0.25, 0.3) is 0 Å². The van der Waals surface area contributed by atoms with E-state index in [0.29, 0.717) is 5.57 Å². The van der Waals surface area contributed by atoms with Crippen molar-refractivity contribution in [1.82, 2.24) is 4.98 Å². The summed E-state index contributed by atoms with van der Waals surface area (Å²) in [6.45, 7) is 4.20. The summed E-state index contributed by atoms with van der Waals surface area (Å²) in [5.74, 6) is 0. The number of nitriles is 1. The molecular formula is C21H17BrN2S. The minimum absolute atomic E-state index is 0.590. The van der Waals surface area contributed by atoms with E-state index < -0.39 is 0 Å². The lowest BCUT2D eigenvalue weighted by molar-refractivity contribution is 1.14. The second-order valence-electron chi connectivity index (χ2n) is 5.70. The molecule has 0 N–H and O–H groups in total. The number of thiazole rings is 1. The molecule has 0 aliphatic rings. The Hall–Kier alpha value is -2.22. The molecule has 3 rings (SSSR count). The van der Waals surface area contributed by atoms with Crippen molar-refractivity contribution in [3.63, 3.8) is 0 Å². The number of nitrogens with zero attached hydrogens (tertiary/aromatic N) is 2. The van der Waals surface area contributed by atoms with Crippen LogP contribution in [0.3, 0.4) is 0 Å². The summed E-state index contributed by atoms with van der Waals surface area (Å²) in [6, 6.07) is 18.7. The third kappa shape index (κ3) is 4.07. The molecule has 0 radical (unpaired) electrons. The first kappa shape index (κ1) is 17.6. The van der Waals surface area contributed by atoms with Gasteiger partial charge >= 0.3 is 0 Å². The average molecular weight is 409 g/mol. The van der Waals surface area contributed by atoms with Gasteiger partial charge in [-0.2, -0.15) is 5.26 Å². The van der Waals surface area contributed by atoms with E-state index in [1.54, 1.807) is 11.3 Å². The van der Waals surface area contributed by atoms with Crippen molar-refractivity contribution < 1.29 is 0 Å². The maximum absolute atomic E-state index is 9.57. The summed E-state index contributed by atoms with van der Waals surface area (Å²) in [7, 11) is 0. The average Bonchev–Trinajstić information content (AvgIpc) is 3.03. The molecule has 0 aliphatic heterocycles. The maximum atomic E-state index is 9.57. The van der Waals surface area contributed by atoms with Crippen LogP contribution in [0.15, 0.2) is 53.0 Å². The molecule has 1 heterocycles. The summed E-state index contributed by atoms with van der Waals surface area (Å²) in [6.07, 6.45) is 2.91. The molecule has 1 aromatic heterocycles. The highest BCUT2D eigenvalue weighted by Gasteiger charge is 2.13. The summed E-state index contributed by atoms with van der Waals surface area (Å²) in [5, 5.41) is 10.3. The number of hydrogen-bond donors (Lipinski definition) is 0. The van der Waals surface area contributed by atoms with Crippen LogP contribution in [0.5, 0.6) is 0 Å². The summed E-state index contributed by atoms with van der Waals surface area (Å²) in [4.78, 5) is 5.86. The van der Waals surface area contributed by atoms with Crippen LogP contribution < -0.4 is 0 Å². The van der Waals surface area contributed by atoms with Gasteiger partial charge in [-0.3, -0.25) is 0 Å². The van der Waals surface area contributed by atoms with E-state index in [1.807, 2.05) is 30.3 Å². The van der Waals surface area contributed by atoms with E-state index in [1.165, 1.54) is 5.56 Å². The highest BCUT2D eigenvalue weighted by Crippen LogP contribution is 2.32. The van der Waals surface area contributed by atoms with Gasteiger partial charge in [0, 0.05) is 14.9 Å². The highest BCUT2D eigenvalue weighted by atomic mass is 79.9. The van der Waals surface area contributed by atoms with Gasteiger partial charge in [0.1, 0.15) is 11.1 Å². The Balaban J connectivity index is 1.97. The molecule has 124 valence electrons. The number of benzene rings is 2. The van der Waals surface area contributed by atoms with Crippen molar-refractivity contribution >= 4 is 38.9 Å². The van der Waals surface area contributed by atoms with Gasteiger partial charge in [-0.1, -0.05) is 59.3 Å². The lowest BCUT2D eigenvalue weighted by Gasteiger charge is -2.01. The molecule has 0 bridgehead atoms. The lowest BCUT2D eigenvalue weighted by Crippen LogP contribution is -1.85. The molecule has 0 atom stereocenters. The number of allylic oxidation sites excluding steroid dienone is 1. The molecule has 0 spiro atoms. The topological polar surface area (TPSA) is 36.7 Å². The van der Waals surface area contributed by atoms with E-state index in [2.05, 4.69) is 60.1 Å². The Morgan fingerprint density at radius 1 is 1.16 bits per heavy atom. The zero-order valence-electron chi connectivity index (χ0n) is 14.1. The van der Waals surface area contributed by atoms with Gasteiger partial charge in [-0.15, -0.1) is 11.3 Å². The van der Waals surface area contributed by atoms with Crippen LogP contribution in [0.2, 0.25) is 0 Å². The molecule has 0 unspecified atom stereocenters. The van der Waals surface area contributed by atoms with Crippen LogP contribution in [0.25, 0.3) is 22.9 Å². The van der Waals surface area contributed by atoms with Gasteiger partial charge in [0.2, 0.25) is 0 Å². The zero-order chi connectivity index (χ0) is 17.8. The first-order chi connectivity index (χ1) is 12.1. The zero-order valence-corrected chi connectivity index (χ0v) is 16.5. The fourth-order valence-electron chi connectivity index (χ4n) is 2.55. The third-order valence-electron chi connectivity index (χ3n) is 3.96. The Bertz CT molecular complexity index is 945. The van der Waals surface area contributed by atoms with E-state index in [9.17, 15) is 5.26 Å². The Kier molecular flexibility index (Phi) is 5.47. The van der Waals surface area contributed by atoms with E-state index in [4.69, 9.17) is 4.98 Å². The van der Waals surface area contributed by atoms with Crippen LogP contribution in [-0.4, -0.2) is 4.98 Å². The van der Waals surface area contributed by atoms with Gasteiger partial charge in [0.05, 0.1) is 11.3 Å². The van der Waals surface area contributed by atoms with Crippen molar-refractivity contribution in [2.75, 3.05) is 0 Å². The Morgan fingerprint density at radius 2 is 1.84 bits per heavy atom. The van der Waals surface area contributed by atoms with Crippen molar-refractivity contribution in [2.24, 2.45) is 0 Å². The van der Waals surface area contributed by atoms with Crippen molar-refractivity contribution in [3.05, 3.63) is 74.0 Å². The molecular weight excluding hydrogens is 392 g/mol. The monoisotopic (exact) mass is 408 g/mol. The number of aryl methyl sites for hydroxylation is 2. The van der Waals surface area contributed by atoms with E-state index >= 15 is 0 Å². The van der Waals surface area contributed by atoms with Crippen LogP contribution >= 0.6 is 27.3 Å². The van der Waals surface area contributed by atoms with Gasteiger partial charge in [-0.25, -0.2) is 4.98 Å². The number of rotatable bonds is 4. The number of halogens is 1. The first-order valence-electron chi connectivity index (χ1n) is 8.05. The molecule has 25 heavy (non-hydrogen) atoms. The first-order valence-corrected chi connectivity index (χ1v) is 9.66. The maximum Gasteiger partial charge on any atom is 0.134 e. The second kappa shape index (κ2) is 7.77. The van der Waals surface area contributed by atoms with Crippen LogP contribution in [0.1, 0.15) is 27.9 Å². The Morgan fingerprint density at radius 3 is 2.44 bits per heavy atom. The summed E-state index contributed by atoms with van der Waals surface area (Å²) in [5.41, 5.74) is 4.94. The fourth-order valence-corrected chi connectivity index (χ4v) is 3.71. The molecule has 0 saturated heterocycles. The molecule has 2 aromatic carbocycles. The SMILES string of the molecule is CCc1ccc(-c2nc(C(C#N)=Cc3ccc(Br)cc3)sc2C)cc1. The quantitative estimate of drug-likeness (QED) is 0.461. The van der Waals surface area contributed by atoms with Crippen molar-refractivity contribution in [1.29, 1.82) is 5.26 Å². The fraction of sp³-hybridized carbons (Fsp3) is 0.143. The Labute approximate surface area is 160 Å². The summed E-state index contributed by atoms with van der Waals surface area (Å²) >= 11 is 4.99. The van der Waals surface area contributed by atoms with Gasteiger partial charge < -0.3 is 0 Å². The second-order valence-corrected chi connectivity index (χ2v) is 7.81. The molecule has 0 aliphatic carbocycles. The highest BCUT2D eigenvalue weighted by molar-refractivity contribution is 9.10. The largest absolute Gasteiger partial charge is 0.235 e. The lowest BCUT2D eigenvalue weighted by atomic mass is 10.1. The smallest absolute Gasteiger partial charge is 0.134 e. The van der Waals surface area contributed by atoms with Gasteiger partial charge in [0.15, 0.2) is 0 Å². The van der Waals surface area contributed by atoms with Crippen LogP contribution in [0, 0.1) is 18.3 Å². The summed E-state index contributed by atoms with van der Waals surface area (Å²) < 4.78 is 1.02. The number of hydrogen-bond acceptors (Lipinski definition) is 3. The molecule has 0 amide bonds. The number of aromatic nitrogens is 1. The minimum atomic E-state index is 0.590. The van der Waals surface area contributed by atoms with E-state index in [-0.39, 0.29) is 0 Å². The predicted molar refractivity (Wildman–Crippen MR) is 109 cm³/mol. The standard InChI is InChI=1S/C21H17BrN2S/c1-3-15-4-8-17(9-5-15)20-14(2)25-21(24-20)18(13-23)12-16-6-10-19(22)11-7-16/h4-12H,3H2,1-2H3. The van der Waals surface area contributed by atoms with Crippen LogP contribution in [0.4, 0.5) is 0 Å². The van der Waals surface area contributed by atoms with E-state index in [0.717, 1.165) is 37.6 Å².